The maximum absolute atomic E-state index is 15.5. The summed E-state index contributed by atoms with van der Waals surface area (Å²) in [6.45, 7) is 3.63. The van der Waals surface area contributed by atoms with Gasteiger partial charge < -0.3 is 19.9 Å². The zero-order chi connectivity index (χ0) is 21.3. The van der Waals surface area contributed by atoms with E-state index in [0.29, 0.717) is 31.9 Å². The Kier molecular flexibility index (Phi) is 9.48. The first-order valence-electron chi connectivity index (χ1n) is 9.00. The number of methoxy groups -OCH3 is 1. The molecule has 2 aromatic carbocycles. The summed E-state index contributed by atoms with van der Waals surface area (Å²) >= 11 is 2.13. The molecule has 0 aromatic heterocycles. The first-order valence-corrected chi connectivity index (χ1v) is 10.1. The van der Waals surface area contributed by atoms with Gasteiger partial charge in [0.2, 0.25) is 0 Å². The standard InChI is InChI=1S/C20H21F3IN3O2.2FH/c1-11-10-12(24)4-5-13(11)25-18-14(20(28)29-3)15(21)16(22)19(17(18)23)27-8-6-26(2)7-9-27;;/h4-5,10,25H,6-9H2,1-3H3;2*1H. The third kappa shape index (κ3) is 5.37. The van der Waals surface area contributed by atoms with Gasteiger partial charge in [-0.25, -0.2) is 18.0 Å². The van der Waals surface area contributed by atoms with Crippen molar-refractivity contribution in [3.05, 3.63) is 50.3 Å². The van der Waals surface area contributed by atoms with E-state index in [1.807, 2.05) is 18.0 Å². The lowest BCUT2D eigenvalue weighted by Crippen LogP contribution is -2.45. The number of hydrogen-bond acceptors (Lipinski definition) is 5. The first kappa shape index (κ1) is 26.9. The summed E-state index contributed by atoms with van der Waals surface area (Å²) in [4.78, 5) is 15.6. The van der Waals surface area contributed by atoms with Gasteiger partial charge in [-0.05, 0) is 60.3 Å². The summed E-state index contributed by atoms with van der Waals surface area (Å²) in [5, 5.41) is 2.78. The number of anilines is 3. The van der Waals surface area contributed by atoms with Crippen LogP contribution in [0, 0.1) is 27.9 Å². The first-order chi connectivity index (χ1) is 13.7. The van der Waals surface area contributed by atoms with Crippen LogP contribution in [0.15, 0.2) is 18.2 Å². The molecule has 0 atom stereocenters. The van der Waals surface area contributed by atoms with Gasteiger partial charge in [0, 0.05) is 35.4 Å². The number of piperazine rings is 1. The molecule has 0 amide bonds. The highest BCUT2D eigenvalue weighted by molar-refractivity contribution is 14.1. The highest BCUT2D eigenvalue weighted by Gasteiger charge is 2.33. The molecule has 1 aliphatic heterocycles. The number of nitrogens with zero attached hydrogens (tertiary/aromatic N) is 2. The number of ether oxygens (including phenoxy) is 1. The minimum Gasteiger partial charge on any atom is -0.465 e. The van der Waals surface area contributed by atoms with Crippen molar-refractivity contribution in [3.8, 4) is 0 Å². The molecule has 0 saturated carbocycles. The van der Waals surface area contributed by atoms with Crippen molar-refractivity contribution in [2.45, 2.75) is 6.92 Å². The Morgan fingerprint density at radius 2 is 1.68 bits per heavy atom. The van der Waals surface area contributed by atoms with Gasteiger partial charge in [-0.1, -0.05) is 0 Å². The van der Waals surface area contributed by atoms with Gasteiger partial charge in [-0.2, -0.15) is 0 Å². The van der Waals surface area contributed by atoms with E-state index < -0.39 is 40.4 Å². The normalized spacial score (nSPS) is 13.8. The average molecular weight is 559 g/mol. The van der Waals surface area contributed by atoms with E-state index in [2.05, 4.69) is 32.6 Å². The van der Waals surface area contributed by atoms with E-state index in [0.717, 1.165) is 16.2 Å². The second-order valence-electron chi connectivity index (χ2n) is 6.91. The zero-order valence-corrected chi connectivity index (χ0v) is 19.3. The molecular formula is C20H23F5IN3O2. The SMILES string of the molecule is COC(=O)c1c(F)c(F)c(N2CCN(C)CC2)c(F)c1Nc1ccc(I)cc1C.F.F. The molecule has 1 fully saturated rings. The van der Waals surface area contributed by atoms with Gasteiger partial charge in [0.05, 0.1) is 12.8 Å². The molecular weight excluding hydrogens is 536 g/mol. The lowest BCUT2D eigenvalue weighted by atomic mass is 10.1. The molecule has 0 radical (unpaired) electrons. The van der Waals surface area contributed by atoms with Gasteiger partial charge >= 0.3 is 5.97 Å². The number of rotatable bonds is 4. The Morgan fingerprint density at radius 3 is 2.23 bits per heavy atom. The van der Waals surface area contributed by atoms with Gasteiger partial charge in [-0.15, -0.1) is 0 Å². The third-order valence-electron chi connectivity index (χ3n) is 4.95. The highest BCUT2D eigenvalue weighted by Crippen LogP contribution is 2.38. The molecule has 11 heteroatoms. The minimum atomic E-state index is -1.43. The Bertz CT molecular complexity index is 953. The van der Waals surface area contributed by atoms with Crippen LogP contribution in [0.3, 0.4) is 0 Å². The molecule has 3 rings (SSSR count). The molecule has 5 nitrogen and oxygen atoms in total. The predicted octanol–water partition coefficient (Wildman–Crippen LogP) is 4.60. The fourth-order valence-electron chi connectivity index (χ4n) is 3.27. The van der Waals surface area contributed by atoms with Crippen LogP contribution in [0.5, 0.6) is 0 Å². The van der Waals surface area contributed by atoms with Crippen LogP contribution in [0.25, 0.3) is 0 Å². The maximum Gasteiger partial charge on any atom is 0.343 e. The van der Waals surface area contributed by atoms with Crippen LogP contribution in [-0.2, 0) is 4.74 Å². The summed E-state index contributed by atoms with van der Waals surface area (Å²) in [6, 6.07) is 5.32. The molecule has 0 bridgehead atoms. The summed E-state index contributed by atoms with van der Waals surface area (Å²) in [5.74, 6) is -5.00. The monoisotopic (exact) mass is 559 g/mol. The van der Waals surface area contributed by atoms with E-state index in [1.165, 1.54) is 4.90 Å². The molecule has 172 valence electrons. The summed E-state index contributed by atoms with van der Waals surface area (Å²) < 4.78 is 50.8. The summed E-state index contributed by atoms with van der Waals surface area (Å²) in [7, 11) is 2.93. The second-order valence-corrected chi connectivity index (χ2v) is 8.15. The van der Waals surface area contributed by atoms with Crippen molar-refractivity contribution >= 4 is 45.6 Å². The summed E-state index contributed by atoms with van der Waals surface area (Å²) in [6.07, 6.45) is 0. The smallest absolute Gasteiger partial charge is 0.343 e. The van der Waals surface area contributed by atoms with Crippen molar-refractivity contribution < 1.29 is 32.1 Å². The second kappa shape index (κ2) is 10.9. The van der Waals surface area contributed by atoms with E-state index in [9.17, 15) is 13.6 Å². The largest absolute Gasteiger partial charge is 0.465 e. The van der Waals surface area contributed by atoms with E-state index in [4.69, 9.17) is 0 Å². The van der Waals surface area contributed by atoms with Crippen LogP contribution in [0.1, 0.15) is 15.9 Å². The van der Waals surface area contributed by atoms with Crippen molar-refractivity contribution in [1.29, 1.82) is 0 Å². The van der Waals surface area contributed by atoms with Crippen LogP contribution < -0.4 is 10.2 Å². The summed E-state index contributed by atoms with van der Waals surface area (Å²) in [5.41, 5.74) is -0.468. The average Bonchev–Trinajstić information content (AvgIpc) is 2.69. The van der Waals surface area contributed by atoms with Gasteiger partial charge in [0.1, 0.15) is 11.3 Å². The van der Waals surface area contributed by atoms with Crippen molar-refractivity contribution in [1.82, 2.24) is 4.90 Å². The Morgan fingerprint density at radius 1 is 1.06 bits per heavy atom. The van der Waals surface area contributed by atoms with Crippen molar-refractivity contribution in [2.75, 3.05) is 50.6 Å². The van der Waals surface area contributed by atoms with E-state index >= 15 is 4.39 Å². The van der Waals surface area contributed by atoms with Crippen molar-refractivity contribution in [2.24, 2.45) is 0 Å². The molecule has 1 N–H and O–H groups in total. The quantitative estimate of drug-likeness (QED) is 0.257. The van der Waals surface area contributed by atoms with Crippen LogP contribution >= 0.6 is 22.6 Å². The topological polar surface area (TPSA) is 44.8 Å². The lowest BCUT2D eigenvalue weighted by Gasteiger charge is -2.35. The third-order valence-corrected chi connectivity index (χ3v) is 5.63. The Labute approximate surface area is 190 Å². The van der Waals surface area contributed by atoms with Crippen LogP contribution in [0.2, 0.25) is 0 Å². The Hall–Kier alpha value is -2.15. The van der Waals surface area contributed by atoms with Crippen LogP contribution in [0.4, 0.5) is 39.6 Å². The number of carbonyl (C=O) groups excluding carboxylic acids is 1. The number of benzene rings is 2. The minimum absolute atomic E-state index is 0. The molecule has 1 heterocycles. The van der Waals surface area contributed by atoms with Crippen LogP contribution in [-0.4, -0.2) is 51.2 Å². The predicted molar refractivity (Wildman–Crippen MR) is 120 cm³/mol. The molecule has 1 aliphatic rings. The van der Waals surface area contributed by atoms with E-state index in [-0.39, 0.29) is 9.41 Å². The fourth-order valence-corrected chi connectivity index (χ4v) is 3.92. The maximum atomic E-state index is 15.5. The number of nitrogens with one attached hydrogen (secondary N) is 1. The molecule has 1 saturated heterocycles. The van der Waals surface area contributed by atoms with E-state index in [1.54, 1.807) is 19.1 Å². The molecule has 0 unspecified atom stereocenters. The number of hydrogen-bond donors (Lipinski definition) is 1. The van der Waals surface area contributed by atoms with Gasteiger partial charge in [0.25, 0.3) is 0 Å². The van der Waals surface area contributed by atoms with Crippen molar-refractivity contribution in [3.63, 3.8) is 0 Å². The number of halogens is 6. The molecule has 0 spiro atoms. The highest BCUT2D eigenvalue weighted by atomic mass is 127. The number of esters is 1. The molecule has 0 aliphatic carbocycles. The number of aryl methyl sites for hydroxylation is 1. The fraction of sp³-hybridized carbons (Fsp3) is 0.350. The van der Waals surface area contributed by atoms with Gasteiger partial charge in [-0.3, -0.25) is 9.41 Å². The molecule has 2 aromatic rings. The number of likely N-dealkylation sites (N-methyl/N-ethyl adjacent to an activating group) is 1. The lowest BCUT2D eigenvalue weighted by molar-refractivity contribution is 0.0595. The zero-order valence-electron chi connectivity index (χ0n) is 17.1. The number of carbonyl (C=O) groups is 1. The Balaban J connectivity index is 0.00000240. The molecule has 31 heavy (non-hydrogen) atoms. The van der Waals surface area contributed by atoms with Gasteiger partial charge in [0.15, 0.2) is 17.5 Å².